The maximum atomic E-state index is 13.7. The maximum absolute atomic E-state index is 13.7. The van der Waals surface area contributed by atoms with Crippen LogP contribution < -0.4 is 20.7 Å². The van der Waals surface area contributed by atoms with Crippen molar-refractivity contribution in [1.82, 2.24) is 10.3 Å². The molecule has 1 aliphatic rings. The smallest absolute Gasteiger partial charge is 0.264 e. The first-order valence-corrected chi connectivity index (χ1v) is 13.6. The minimum Gasteiger partial charge on any atom is -0.350 e. The molecule has 1 aliphatic heterocycles. The van der Waals surface area contributed by atoms with Crippen LogP contribution in [0.2, 0.25) is 15.1 Å². The van der Waals surface area contributed by atoms with Crippen molar-refractivity contribution >= 4 is 68.0 Å². The van der Waals surface area contributed by atoms with Gasteiger partial charge in [-0.1, -0.05) is 46.9 Å². The monoisotopic (exact) mass is 581 g/mol. The van der Waals surface area contributed by atoms with E-state index in [1.807, 2.05) is 0 Å². The van der Waals surface area contributed by atoms with E-state index in [0.29, 0.717) is 5.69 Å². The van der Waals surface area contributed by atoms with Gasteiger partial charge in [-0.3, -0.25) is 18.9 Å². The van der Waals surface area contributed by atoms with Gasteiger partial charge in [-0.05, 0) is 43.3 Å². The number of rotatable bonds is 6. The molecule has 194 valence electrons. The van der Waals surface area contributed by atoms with Gasteiger partial charge in [0.2, 0.25) is 5.91 Å². The molecule has 0 bridgehead atoms. The van der Waals surface area contributed by atoms with Gasteiger partial charge in [0.1, 0.15) is 0 Å². The Kier molecular flexibility index (Phi) is 7.96. The van der Waals surface area contributed by atoms with Gasteiger partial charge in [-0.2, -0.15) is 0 Å². The van der Waals surface area contributed by atoms with Crippen LogP contribution in [-0.2, 0) is 21.2 Å². The fraction of sp³-hybridized carbons (Fsp3) is 0.208. The molecule has 37 heavy (non-hydrogen) atoms. The summed E-state index contributed by atoms with van der Waals surface area (Å²) in [5.41, 5.74) is 6.63. The maximum Gasteiger partial charge on any atom is 0.264 e. The van der Waals surface area contributed by atoms with Gasteiger partial charge < -0.3 is 16.4 Å². The number of hydrogen-bond donors (Lipinski definition) is 3. The highest BCUT2D eigenvalue weighted by Crippen LogP contribution is 2.34. The third-order valence-corrected chi connectivity index (χ3v) is 8.27. The summed E-state index contributed by atoms with van der Waals surface area (Å²) in [7, 11) is -4.13. The summed E-state index contributed by atoms with van der Waals surface area (Å²) in [4.78, 5) is 29.5. The van der Waals surface area contributed by atoms with E-state index in [1.165, 1.54) is 49.5 Å². The Hall–Kier alpha value is -2.89. The van der Waals surface area contributed by atoms with Crippen LogP contribution in [0.4, 0.5) is 11.4 Å². The second-order valence-corrected chi connectivity index (χ2v) is 11.5. The molecule has 4 rings (SSSR count). The zero-order chi connectivity index (χ0) is 26.9. The first kappa shape index (κ1) is 27.2. The number of fused-ring (bicyclic) bond motifs is 1. The minimum absolute atomic E-state index is 0.0394. The van der Waals surface area contributed by atoms with E-state index in [0.717, 1.165) is 4.31 Å². The van der Waals surface area contributed by atoms with Crippen LogP contribution >= 0.6 is 34.8 Å². The van der Waals surface area contributed by atoms with Gasteiger partial charge in [0, 0.05) is 11.4 Å². The number of aromatic nitrogens is 1. The van der Waals surface area contributed by atoms with E-state index in [2.05, 4.69) is 15.6 Å². The van der Waals surface area contributed by atoms with E-state index >= 15 is 0 Å². The van der Waals surface area contributed by atoms with Crippen LogP contribution in [0, 0.1) is 0 Å². The SMILES string of the molecule is C[C@H](N)C(=O)N[C@@H]1Cc2ncc(NC(=O)c3c(Cl)cccc3Cl)cc2N(S(=O)(=O)c2cccc(Cl)c2)C1. The number of halogens is 3. The standard InChI is InChI=1S/C24H22Cl3N5O4S/c1-13(28)23(33)31-16-9-20-21(32(12-16)37(35,36)17-5-2-4-14(25)8-17)10-15(11-29-20)30-24(34)22-18(26)6-3-7-19(22)27/h2-8,10-11,13,16H,9,12,28H2,1H3,(H,30,34)(H,31,33)/t13-,16+/m0/s1. The van der Waals surface area contributed by atoms with Crippen molar-refractivity contribution in [2.45, 2.75) is 30.3 Å². The van der Waals surface area contributed by atoms with E-state index in [9.17, 15) is 18.0 Å². The largest absolute Gasteiger partial charge is 0.350 e. The Morgan fingerprint density at radius 2 is 1.78 bits per heavy atom. The molecule has 4 N–H and O–H groups in total. The number of carbonyl (C=O) groups is 2. The van der Waals surface area contributed by atoms with Crippen molar-refractivity contribution in [3.05, 3.63) is 81.1 Å². The number of amides is 2. The van der Waals surface area contributed by atoms with Crippen molar-refractivity contribution in [1.29, 1.82) is 0 Å². The van der Waals surface area contributed by atoms with Gasteiger partial charge in [0.15, 0.2) is 0 Å². The number of nitrogens with two attached hydrogens (primary N) is 1. The molecule has 2 heterocycles. The summed E-state index contributed by atoms with van der Waals surface area (Å²) >= 11 is 18.3. The Labute approximate surface area is 229 Å². The lowest BCUT2D eigenvalue weighted by atomic mass is 10.0. The zero-order valence-corrected chi connectivity index (χ0v) is 22.5. The van der Waals surface area contributed by atoms with Gasteiger partial charge >= 0.3 is 0 Å². The molecule has 2 aromatic carbocycles. The van der Waals surface area contributed by atoms with Gasteiger partial charge in [0.05, 0.1) is 62.4 Å². The summed E-state index contributed by atoms with van der Waals surface area (Å²) in [6.45, 7) is 1.45. The summed E-state index contributed by atoms with van der Waals surface area (Å²) in [5, 5.41) is 6.01. The molecule has 2 amide bonds. The number of anilines is 2. The van der Waals surface area contributed by atoms with Crippen LogP contribution in [0.15, 0.2) is 59.6 Å². The number of sulfonamides is 1. The van der Waals surface area contributed by atoms with E-state index < -0.39 is 33.9 Å². The number of nitrogens with zero attached hydrogens (tertiary/aromatic N) is 2. The number of hydrogen-bond acceptors (Lipinski definition) is 6. The quantitative estimate of drug-likeness (QED) is 0.404. The van der Waals surface area contributed by atoms with E-state index in [-0.39, 0.29) is 49.9 Å². The summed E-state index contributed by atoms with van der Waals surface area (Å²) in [6, 6.07) is 10.6. The molecule has 0 unspecified atom stereocenters. The first-order chi connectivity index (χ1) is 17.5. The van der Waals surface area contributed by atoms with Gasteiger partial charge in [-0.25, -0.2) is 8.42 Å². The first-order valence-electron chi connectivity index (χ1n) is 11.1. The third-order valence-electron chi connectivity index (χ3n) is 5.63. The average Bonchev–Trinajstić information content (AvgIpc) is 2.83. The second-order valence-electron chi connectivity index (χ2n) is 8.43. The highest BCUT2D eigenvalue weighted by atomic mass is 35.5. The molecule has 0 fully saturated rings. The van der Waals surface area contributed by atoms with E-state index in [4.69, 9.17) is 40.5 Å². The number of pyridine rings is 1. The lowest BCUT2D eigenvalue weighted by molar-refractivity contribution is -0.122. The topological polar surface area (TPSA) is 134 Å². The van der Waals surface area contributed by atoms with Crippen molar-refractivity contribution in [2.75, 3.05) is 16.2 Å². The van der Waals surface area contributed by atoms with Gasteiger partial charge in [0.25, 0.3) is 15.9 Å². The highest BCUT2D eigenvalue weighted by molar-refractivity contribution is 7.92. The van der Waals surface area contributed by atoms with Crippen LogP contribution in [0.5, 0.6) is 0 Å². The Morgan fingerprint density at radius 3 is 2.43 bits per heavy atom. The normalized spacial score (nSPS) is 16.0. The molecule has 1 aromatic heterocycles. The number of benzene rings is 2. The highest BCUT2D eigenvalue weighted by Gasteiger charge is 2.35. The molecule has 3 aromatic rings. The van der Waals surface area contributed by atoms with Crippen LogP contribution in [0.25, 0.3) is 0 Å². The zero-order valence-electron chi connectivity index (χ0n) is 19.4. The summed E-state index contributed by atoms with van der Waals surface area (Å²) in [5.74, 6) is -1.01. The molecule has 0 saturated carbocycles. The fourth-order valence-corrected chi connectivity index (χ4v) is 6.24. The van der Waals surface area contributed by atoms with Crippen molar-refractivity contribution in [3.8, 4) is 0 Å². The molecular formula is C24H22Cl3N5O4S. The molecule has 13 heteroatoms. The summed E-state index contributed by atoms with van der Waals surface area (Å²) < 4.78 is 28.5. The molecular weight excluding hydrogens is 561 g/mol. The minimum atomic E-state index is -4.13. The molecule has 0 spiro atoms. The Morgan fingerprint density at radius 1 is 1.11 bits per heavy atom. The lowest BCUT2D eigenvalue weighted by Gasteiger charge is -2.35. The Balaban J connectivity index is 1.73. The molecule has 9 nitrogen and oxygen atoms in total. The lowest BCUT2D eigenvalue weighted by Crippen LogP contribution is -2.53. The molecule has 0 saturated heterocycles. The molecule has 0 radical (unpaired) electrons. The van der Waals surface area contributed by atoms with Crippen molar-refractivity contribution < 1.29 is 18.0 Å². The molecule has 2 atom stereocenters. The number of carbonyl (C=O) groups excluding carboxylic acids is 2. The number of nitrogens with one attached hydrogen (secondary N) is 2. The van der Waals surface area contributed by atoms with Crippen LogP contribution in [-0.4, -0.2) is 43.8 Å². The van der Waals surface area contributed by atoms with Gasteiger partial charge in [-0.15, -0.1) is 0 Å². The van der Waals surface area contributed by atoms with Crippen LogP contribution in [0.3, 0.4) is 0 Å². The predicted octanol–water partition coefficient (Wildman–Crippen LogP) is 3.88. The predicted molar refractivity (Wildman–Crippen MR) is 144 cm³/mol. The van der Waals surface area contributed by atoms with Crippen molar-refractivity contribution in [2.24, 2.45) is 5.73 Å². The second kappa shape index (κ2) is 10.8. The molecule has 0 aliphatic carbocycles. The Bertz CT molecular complexity index is 1460. The summed E-state index contributed by atoms with van der Waals surface area (Å²) in [6.07, 6.45) is 1.64. The van der Waals surface area contributed by atoms with E-state index in [1.54, 1.807) is 12.1 Å². The van der Waals surface area contributed by atoms with Crippen LogP contribution in [0.1, 0.15) is 23.0 Å². The van der Waals surface area contributed by atoms with Crippen molar-refractivity contribution in [3.63, 3.8) is 0 Å². The average molecular weight is 583 g/mol. The fourth-order valence-electron chi connectivity index (χ4n) is 3.84. The third kappa shape index (κ3) is 5.83.